The molecule has 0 bridgehead atoms. The number of carboxylic acids is 1. The third-order valence-corrected chi connectivity index (χ3v) is 4.70. The summed E-state index contributed by atoms with van der Waals surface area (Å²) >= 11 is 3.57. The number of nitrogens with one attached hydrogen (secondary N) is 1. The van der Waals surface area contributed by atoms with E-state index in [9.17, 15) is 9.90 Å². The summed E-state index contributed by atoms with van der Waals surface area (Å²) in [5, 5.41) is 12.8. The standard InChI is InChI=1S/C17H16BrNO2/c18-14-8-4-7-13-12(14)9-10-15(13)19-16(17(20)21)11-5-2-1-3-6-11/h1-8,15-16,19H,9-10H2,(H,20,21). The summed E-state index contributed by atoms with van der Waals surface area (Å²) in [6.07, 6.45) is 1.89. The van der Waals surface area contributed by atoms with Crippen molar-refractivity contribution in [3.05, 3.63) is 69.7 Å². The number of hydrogen-bond acceptors (Lipinski definition) is 2. The second kappa shape index (κ2) is 6.00. The lowest BCUT2D eigenvalue weighted by Gasteiger charge is -2.21. The molecule has 1 aliphatic carbocycles. The highest BCUT2D eigenvalue weighted by Gasteiger charge is 2.29. The van der Waals surface area contributed by atoms with E-state index in [0.717, 1.165) is 22.9 Å². The number of carboxylic acid groups (broad SMARTS) is 1. The molecule has 0 fully saturated rings. The Balaban J connectivity index is 1.87. The van der Waals surface area contributed by atoms with Crippen LogP contribution in [-0.2, 0) is 11.2 Å². The van der Waals surface area contributed by atoms with Gasteiger partial charge < -0.3 is 5.11 Å². The molecule has 3 nitrogen and oxygen atoms in total. The monoisotopic (exact) mass is 345 g/mol. The molecule has 0 aliphatic heterocycles. The molecule has 1 aliphatic rings. The van der Waals surface area contributed by atoms with E-state index in [4.69, 9.17) is 0 Å². The Hall–Kier alpha value is -1.65. The van der Waals surface area contributed by atoms with Crippen LogP contribution in [0, 0.1) is 0 Å². The summed E-state index contributed by atoms with van der Waals surface area (Å²) in [5.41, 5.74) is 3.27. The Labute approximate surface area is 132 Å². The number of hydrogen-bond donors (Lipinski definition) is 2. The normalized spacial score (nSPS) is 18.2. The van der Waals surface area contributed by atoms with E-state index < -0.39 is 12.0 Å². The van der Waals surface area contributed by atoms with Crippen LogP contribution in [0.3, 0.4) is 0 Å². The maximum atomic E-state index is 11.6. The molecule has 2 atom stereocenters. The second-order valence-corrected chi connectivity index (χ2v) is 6.10. The molecular weight excluding hydrogens is 330 g/mol. The molecule has 2 unspecified atom stereocenters. The van der Waals surface area contributed by atoms with E-state index in [1.54, 1.807) is 0 Å². The molecule has 2 aromatic rings. The van der Waals surface area contributed by atoms with Crippen molar-refractivity contribution in [1.82, 2.24) is 5.32 Å². The molecule has 0 spiro atoms. The molecule has 0 aromatic heterocycles. The van der Waals surface area contributed by atoms with Gasteiger partial charge in [-0.15, -0.1) is 0 Å². The minimum Gasteiger partial charge on any atom is -0.480 e. The van der Waals surface area contributed by atoms with Crippen LogP contribution < -0.4 is 5.32 Å². The maximum Gasteiger partial charge on any atom is 0.325 e. The van der Waals surface area contributed by atoms with Gasteiger partial charge in [0.05, 0.1) is 0 Å². The van der Waals surface area contributed by atoms with Crippen molar-refractivity contribution in [1.29, 1.82) is 0 Å². The third-order valence-electron chi connectivity index (χ3n) is 3.96. The average molecular weight is 346 g/mol. The van der Waals surface area contributed by atoms with Crippen LogP contribution in [-0.4, -0.2) is 11.1 Å². The van der Waals surface area contributed by atoms with Crippen molar-refractivity contribution >= 4 is 21.9 Å². The first-order chi connectivity index (χ1) is 10.2. The van der Waals surface area contributed by atoms with Gasteiger partial charge >= 0.3 is 5.97 Å². The second-order valence-electron chi connectivity index (χ2n) is 5.25. The molecule has 0 heterocycles. The first-order valence-corrected chi connectivity index (χ1v) is 7.77. The highest BCUT2D eigenvalue weighted by atomic mass is 79.9. The largest absolute Gasteiger partial charge is 0.480 e. The molecule has 0 radical (unpaired) electrons. The highest BCUT2D eigenvalue weighted by Crippen LogP contribution is 2.36. The predicted molar refractivity (Wildman–Crippen MR) is 85.2 cm³/mol. The topological polar surface area (TPSA) is 49.3 Å². The van der Waals surface area contributed by atoms with Gasteiger partial charge in [0.15, 0.2) is 0 Å². The maximum absolute atomic E-state index is 11.6. The van der Waals surface area contributed by atoms with E-state index in [0.29, 0.717) is 0 Å². The van der Waals surface area contributed by atoms with Gasteiger partial charge in [-0.05, 0) is 35.6 Å². The van der Waals surface area contributed by atoms with Gasteiger partial charge in [-0.3, -0.25) is 10.1 Å². The fourth-order valence-corrected chi connectivity index (χ4v) is 3.52. The van der Waals surface area contributed by atoms with Gasteiger partial charge in [0.1, 0.15) is 6.04 Å². The SMILES string of the molecule is O=C(O)C(NC1CCc2c(Br)cccc21)c1ccccc1. The lowest BCUT2D eigenvalue weighted by molar-refractivity contribution is -0.139. The Bertz CT molecular complexity index is 657. The molecule has 0 amide bonds. The van der Waals surface area contributed by atoms with Crippen LogP contribution >= 0.6 is 15.9 Å². The quantitative estimate of drug-likeness (QED) is 0.884. The van der Waals surface area contributed by atoms with E-state index in [-0.39, 0.29) is 6.04 Å². The molecular formula is C17H16BrNO2. The van der Waals surface area contributed by atoms with Gasteiger partial charge in [0.25, 0.3) is 0 Å². The van der Waals surface area contributed by atoms with Crippen molar-refractivity contribution in [2.75, 3.05) is 0 Å². The van der Waals surface area contributed by atoms with Gasteiger partial charge in [-0.25, -0.2) is 0 Å². The molecule has 3 rings (SSSR count). The smallest absolute Gasteiger partial charge is 0.325 e. The fourth-order valence-electron chi connectivity index (χ4n) is 2.94. The molecule has 0 saturated heterocycles. The number of aliphatic carboxylic acids is 1. The third kappa shape index (κ3) is 2.87. The summed E-state index contributed by atoms with van der Waals surface area (Å²) in [5.74, 6) is -0.843. The molecule has 0 saturated carbocycles. The predicted octanol–water partition coefficient (Wildman–Crippen LogP) is 3.85. The zero-order valence-electron chi connectivity index (χ0n) is 11.4. The van der Waals surface area contributed by atoms with E-state index in [1.165, 1.54) is 11.1 Å². The molecule has 4 heteroatoms. The fraction of sp³-hybridized carbons (Fsp3) is 0.235. The number of halogens is 1. The van der Waals surface area contributed by atoms with E-state index in [2.05, 4.69) is 27.3 Å². The van der Waals surface area contributed by atoms with Crippen molar-refractivity contribution in [2.45, 2.75) is 24.9 Å². The minimum absolute atomic E-state index is 0.0822. The molecule has 2 aromatic carbocycles. The number of benzene rings is 2. The van der Waals surface area contributed by atoms with Gasteiger partial charge in [-0.1, -0.05) is 58.4 Å². The Morgan fingerprint density at radius 3 is 2.67 bits per heavy atom. The number of rotatable bonds is 4. The zero-order chi connectivity index (χ0) is 14.8. The van der Waals surface area contributed by atoms with Crippen molar-refractivity contribution in [2.24, 2.45) is 0 Å². The first-order valence-electron chi connectivity index (χ1n) is 6.98. The first kappa shape index (κ1) is 14.3. The van der Waals surface area contributed by atoms with Crippen LogP contribution in [0.1, 0.15) is 35.2 Å². The van der Waals surface area contributed by atoms with Gasteiger partial charge in [0.2, 0.25) is 0 Å². The van der Waals surface area contributed by atoms with Crippen LogP contribution in [0.4, 0.5) is 0 Å². The van der Waals surface area contributed by atoms with E-state index in [1.807, 2.05) is 42.5 Å². The van der Waals surface area contributed by atoms with Crippen LogP contribution in [0.5, 0.6) is 0 Å². The lowest BCUT2D eigenvalue weighted by Crippen LogP contribution is -2.31. The molecule has 2 N–H and O–H groups in total. The molecule has 108 valence electrons. The molecule has 21 heavy (non-hydrogen) atoms. The Morgan fingerprint density at radius 1 is 1.19 bits per heavy atom. The van der Waals surface area contributed by atoms with Crippen molar-refractivity contribution < 1.29 is 9.90 Å². The number of carbonyl (C=O) groups is 1. The lowest BCUT2D eigenvalue weighted by atomic mass is 10.0. The van der Waals surface area contributed by atoms with Crippen LogP contribution in [0.25, 0.3) is 0 Å². The summed E-state index contributed by atoms with van der Waals surface area (Å²) < 4.78 is 1.11. The van der Waals surface area contributed by atoms with Crippen LogP contribution in [0.2, 0.25) is 0 Å². The Morgan fingerprint density at radius 2 is 1.95 bits per heavy atom. The summed E-state index contributed by atoms with van der Waals surface area (Å²) in [6.45, 7) is 0. The van der Waals surface area contributed by atoms with Crippen molar-refractivity contribution in [3.63, 3.8) is 0 Å². The highest BCUT2D eigenvalue weighted by molar-refractivity contribution is 9.10. The zero-order valence-corrected chi connectivity index (χ0v) is 13.0. The summed E-state index contributed by atoms with van der Waals surface area (Å²) in [6, 6.07) is 14.8. The minimum atomic E-state index is -0.843. The average Bonchev–Trinajstić information content (AvgIpc) is 2.90. The van der Waals surface area contributed by atoms with E-state index >= 15 is 0 Å². The Kier molecular flexibility index (Phi) is 4.08. The van der Waals surface area contributed by atoms with Crippen molar-refractivity contribution in [3.8, 4) is 0 Å². The van der Waals surface area contributed by atoms with Gasteiger partial charge in [0, 0.05) is 10.5 Å². The van der Waals surface area contributed by atoms with Gasteiger partial charge in [-0.2, -0.15) is 0 Å². The summed E-state index contributed by atoms with van der Waals surface area (Å²) in [4.78, 5) is 11.6. The number of fused-ring (bicyclic) bond motifs is 1. The van der Waals surface area contributed by atoms with Crippen LogP contribution in [0.15, 0.2) is 53.0 Å². The summed E-state index contributed by atoms with van der Waals surface area (Å²) in [7, 11) is 0.